The van der Waals surface area contributed by atoms with Crippen LogP contribution in [0.3, 0.4) is 0 Å². The van der Waals surface area contributed by atoms with Crippen molar-refractivity contribution in [1.29, 1.82) is 0 Å². The van der Waals surface area contributed by atoms with Crippen molar-refractivity contribution in [1.82, 2.24) is 10.3 Å². The zero-order valence-corrected chi connectivity index (χ0v) is 19.4. The van der Waals surface area contributed by atoms with Crippen LogP contribution in [0.25, 0.3) is 0 Å². The molecule has 1 amide bonds. The fraction of sp³-hybridized carbons (Fsp3) is 0.375. The van der Waals surface area contributed by atoms with E-state index in [2.05, 4.69) is 15.8 Å². The summed E-state index contributed by atoms with van der Waals surface area (Å²) in [5.41, 5.74) is 7.20. The van der Waals surface area contributed by atoms with E-state index in [0.29, 0.717) is 30.4 Å². The van der Waals surface area contributed by atoms with Gasteiger partial charge in [0, 0.05) is 50.5 Å². The molecule has 0 bridgehead atoms. The van der Waals surface area contributed by atoms with E-state index in [1.807, 2.05) is 36.9 Å². The first-order valence-corrected chi connectivity index (χ1v) is 11.1. The summed E-state index contributed by atoms with van der Waals surface area (Å²) in [5, 5.41) is 18.3. The van der Waals surface area contributed by atoms with Crippen LogP contribution in [0.5, 0.6) is 11.5 Å². The second-order valence-corrected chi connectivity index (χ2v) is 8.95. The molecular weight excluding hydrogens is 424 g/mol. The van der Waals surface area contributed by atoms with E-state index in [-0.39, 0.29) is 11.7 Å². The molecule has 0 unspecified atom stereocenters. The Balaban J connectivity index is 1.56. The Morgan fingerprint density at radius 2 is 1.88 bits per heavy atom. The van der Waals surface area contributed by atoms with Gasteiger partial charge in [-0.3, -0.25) is 10.2 Å². The van der Waals surface area contributed by atoms with Crippen molar-refractivity contribution in [2.45, 2.75) is 45.6 Å². The largest absolute Gasteiger partial charge is 0.508 e. The number of aromatic hydroxyl groups is 1. The number of phenols is 1. The van der Waals surface area contributed by atoms with Crippen molar-refractivity contribution in [2.75, 3.05) is 18.4 Å². The maximum Gasteiger partial charge on any atom is 0.219 e. The Kier molecular flexibility index (Phi) is 6.06. The molecule has 1 spiro atoms. The fourth-order valence-electron chi connectivity index (χ4n) is 4.38. The highest BCUT2D eigenvalue weighted by molar-refractivity contribution is 7.80. The second kappa shape index (κ2) is 8.78. The fourth-order valence-corrected chi connectivity index (χ4v) is 4.53. The van der Waals surface area contributed by atoms with E-state index in [1.165, 1.54) is 0 Å². The van der Waals surface area contributed by atoms with Crippen LogP contribution in [0, 0.1) is 13.8 Å². The minimum absolute atomic E-state index is 0.0828. The van der Waals surface area contributed by atoms with Crippen molar-refractivity contribution in [3.63, 3.8) is 0 Å². The number of nitrogens with one attached hydrogen (secondary N) is 2. The average Bonchev–Trinajstić information content (AvgIpc) is 2.75. The van der Waals surface area contributed by atoms with E-state index >= 15 is 0 Å². The first-order valence-electron chi connectivity index (χ1n) is 10.7. The predicted molar refractivity (Wildman–Crippen MR) is 129 cm³/mol. The van der Waals surface area contributed by atoms with Crippen LogP contribution in [-0.4, -0.2) is 45.4 Å². The zero-order valence-electron chi connectivity index (χ0n) is 18.6. The molecule has 2 aliphatic heterocycles. The van der Waals surface area contributed by atoms with Crippen LogP contribution < -0.4 is 15.5 Å². The number of aryl methyl sites for hydroxylation is 2. The number of carbonyl (C=O) groups is 1. The number of thiocarbonyl (C=S) groups is 1. The van der Waals surface area contributed by atoms with Crippen LogP contribution in [-0.2, 0) is 4.79 Å². The lowest BCUT2D eigenvalue weighted by Crippen LogP contribution is -2.52. The number of carbonyl (C=O) groups excluding carboxylic acids is 1. The van der Waals surface area contributed by atoms with Gasteiger partial charge in [0.1, 0.15) is 17.1 Å². The molecule has 1 saturated heterocycles. The normalized spacial score (nSPS) is 18.1. The smallest absolute Gasteiger partial charge is 0.219 e. The van der Waals surface area contributed by atoms with Gasteiger partial charge in [0.25, 0.3) is 0 Å². The Bertz CT molecular complexity index is 1070. The molecule has 7 nitrogen and oxygen atoms in total. The maximum absolute atomic E-state index is 11.7. The van der Waals surface area contributed by atoms with E-state index in [0.717, 1.165) is 40.9 Å². The van der Waals surface area contributed by atoms with Gasteiger partial charge in [-0.1, -0.05) is 18.2 Å². The van der Waals surface area contributed by atoms with Gasteiger partial charge in [-0.15, -0.1) is 0 Å². The van der Waals surface area contributed by atoms with Gasteiger partial charge in [0.15, 0.2) is 5.11 Å². The number of amides is 1. The molecule has 2 aromatic rings. The lowest BCUT2D eigenvalue weighted by molar-refractivity contribution is -0.132. The Hall–Kier alpha value is -3.13. The minimum atomic E-state index is -0.432. The summed E-state index contributed by atoms with van der Waals surface area (Å²) in [6.07, 6.45) is 2.00. The highest BCUT2D eigenvalue weighted by atomic mass is 32.1. The third-order valence-corrected chi connectivity index (χ3v) is 6.42. The first-order chi connectivity index (χ1) is 15.3. The lowest BCUT2D eigenvalue weighted by Gasteiger charge is -2.44. The number of para-hydroxylation sites is 1. The van der Waals surface area contributed by atoms with E-state index in [1.54, 1.807) is 25.1 Å². The third kappa shape index (κ3) is 4.55. The van der Waals surface area contributed by atoms with E-state index in [4.69, 9.17) is 17.0 Å². The summed E-state index contributed by atoms with van der Waals surface area (Å²) in [6, 6.07) is 11.1. The number of rotatable bonds is 2. The highest BCUT2D eigenvalue weighted by Gasteiger charge is 2.42. The number of piperidine rings is 1. The van der Waals surface area contributed by atoms with Crippen LogP contribution in [0.2, 0.25) is 0 Å². The number of fused-ring (bicyclic) bond motifs is 1. The zero-order chi connectivity index (χ0) is 22.9. The Morgan fingerprint density at radius 3 is 2.53 bits per heavy atom. The van der Waals surface area contributed by atoms with Crippen LogP contribution >= 0.6 is 12.2 Å². The monoisotopic (exact) mass is 452 g/mol. The van der Waals surface area contributed by atoms with Crippen molar-refractivity contribution >= 4 is 34.6 Å². The van der Waals surface area contributed by atoms with Crippen molar-refractivity contribution in [2.24, 2.45) is 5.10 Å². The highest BCUT2D eigenvalue weighted by Crippen LogP contribution is 2.40. The molecule has 0 aromatic heterocycles. The average molecular weight is 453 g/mol. The number of ether oxygens (including phenoxy) is 1. The number of hydrogen-bond donors (Lipinski definition) is 3. The summed E-state index contributed by atoms with van der Waals surface area (Å²) in [4.78, 5) is 13.6. The third-order valence-electron chi connectivity index (χ3n) is 6.22. The molecule has 168 valence electrons. The van der Waals surface area contributed by atoms with Crippen molar-refractivity contribution < 1.29 is 14.6 Å². The number of anilines is 1. The van der Waals surface area contributed by atoms with Crippen LogP contribution in [0.4, 0.5) is 5.69 Å². The molecule has 3 N–H and O–H groups in total. The Morgan fingerprint density at radius 1 is 1.19 bits per heavy atom. The molecule has 2 heterocycles. The van der Waals surface area contributed by atoms with Gasteiger partial charge < -0.3 is 20.1 Å². The van der Waals surface area contributed by atoms with E-state index < -0.39 is 5.60 Å². The molecule has 32 heavy (non-hydrogen) atoms. The summed E-state index contributed by atoms with van der Waals surface area (Å²) in [5.74, 6) is 0.914. The van der Waals surface area contributed by atoms with Gasteiger partial charge in [-0.2, -0.15) is 5.10 Å². The SMILES string of the molecule is CC(=O)N1CCC2(CC1)CC(=NNC(=S)Nc1c(C)cccc1C)c1cc(O)ccc1O2. The molecule has 4 rings (SSSR count). The number of benzene rings is 2. The van der Waals surface area contributed by atoms with Gasteiger partial charge >= 0.3 is 0 Å². The summed E-state index contributed by atoms with van der Waals surface area (Å²) in [7, 11) is 0. The topological polar surface area (TPSA) is 86.2 Å². The van der Waals surface area contributed by atoms with Crippen molar-refractivity contribution in [3.8, 4) is 11.5 Å². The molecule has 0 saturated carbocycles. The summed E-state index contributed by atoms with van der Waals surface area (Å²) >= 11 is 5.49. The minimum Gasteiger partial charge on any atom is -0.508 e. The maximum atomic E-state index is 11.7. The number of hydrazone groups is 1. The number of nitrogens with zero attached hydrogens (tertiary/aromatic N) is 2. The molecule has 8 heteroatoms. The van der Waals surface area contributed by atoms with Crippen molar-refractivity contribution in [3.05, 3.63) is 53.1 Å². The van der Waals surface area contributed by atoms with Gasteiger partial charge in [-0.25, -0.2) is 0 Å². The molecule has 2 aromatic carbocycles. The first kappa shape index (κ1) is 22.1. The quantitative estimate of drug-likeness (QED) is 0.474. The summed E-state index contributed by atoms with van der Waals surface area (Å²) < 4.78 is 6.40. The van der Waals surface area contributed by atoms with E-state index in [9.17, 15) is 9.90 Å². The Labute approximate surface area is 193 Å². The second-order valence-electron chi connectivity index (χ2n) is 8.54. The number of likely N-dealkylation sites (tertiary alicyclic amines) is 1. The van der Waals surface area contributed by atoms with Gasteiger partial charge in [0.2, 0.25) is 5.91 Å². The molecule has 2 aliphatic rings. The van der Waals surface area contributed by atoms with Crippen LogP contribution in [0.1, 0.15) is 42.9 Å². The number of phenolic OH excluding ortho intramolecular Hbond substituents is 1. The predicted octanol–water partition coefficient (Wildman–Crippen LogP) is 3.86. The van der Waals surface area contributed by atoms with Crippen LogP contribution in [0.15, 0.2) is 41.5 Å². The lowest BCUT2D eigenvalue weighted by atomic mass is 9.82. The molecule has 0 atom stereocenters. The number of hydrogen-bond acceptors (Lipinski definition) is 5. The molecule has 0 radical (unpaired) electrons. The molecule has 1 fully saturated rings. The molecule has 0 aliphatic carbocycles. The summed E-state index contributed by atoms with van der Waals surface area (Å²) in [6.45, 7) is 6.95. The molecular formula is C24H28N4O3S. The van der Waals surface area contributed by atoms with Gasteiger partial charge in [-0.05, 0) is 55.4 Å². The standard InChI is InChI=1S/C24H28N4O3S/c1-15-5-4-6-16(2)22(15)25-23(32)27-26-20-14-24(9-11-28(12-10-24)17(3)29)31-21-8-7-18(30)13-19(20)21/h4-8,13,30H,9-12,14H2,1-3H3,(H2,25,27,32). The van der Waals surface area contributed by atoms with Gasteiger partial charge in [0.05, 0.1) is 5.71 Å².